The zero-order chi connectivity index (χ0) is 13.4. The molecule has 1 atom stereocenters. The number of hydrogen-bond donors (Lipinski definition) is 2. The Balaban J connectivity index is 1.72. The van der Waals surface area contributed by atoms with Crippen LogP contribution in [0.4, 0.5) is 0 Å². The standard InChI is InChI=1S/C13H16N2OS3/c14-12(17)11(7-1-2-7)15-13(16)10-5-8-6-18-4-3-9(8)19-10/h5,7,11H,1-4,6H2,(H2,14,17)(H,15,16). The summed E-state index contributed by atoms with van der Waals surface area (Å²) >= 11 is 8.60. The van der Waals surface area contributed by atoms with E-state index in [0.717, 1.165) is 35.6 Å². The lowest BCUT2D eigenvalue weighted by Crippen LogP contribution is -2.44. The Hall–Kier alpha value is -0.590. The van der Waals surface area contributed by atoms with Gasteiger partial charge in [0, 0.05) is 10.6 Å². The van der Waals surface area contributed by atoms with Gasteiger partial charge in [-0.1, -0.05) is 12.2 Å². The van der Waals surface area contributed by atoms with E-state index < -0.39 is 0 Å². The highest BCUT2D eigenvalue weighted by molar-refractivity contribution is 7.98. The summed E-state index contributed by atoms with van der Waals surface area (Å²) in [4.78, 5) is 14.9. The molecule has 0 saturated heterocycles. The third-order valence-electron chi connectivity index (χ3n) is 3.54. The molecule has 1 unspecified atom stereocenters. The number of rotatable bonds is 4. The summed E-state index contributed by atoms with van der Waals surface area (Å²) < 4.78 is 0. The predicted octanol–water partition coefficient (Wildman–Crippen LogP) is 2.33. The molecule has 2 heterocycles. The molecule has 0 bridgehead atoms. The molecule has 1 aliphatic carbocycles. The maximum Gasteiger partial charge on any atom is 0.261 e. The molecule has 0 aromatic carbocycles. The third-order valence-corrected chi connectivity index (χ3v) is 6.04. The number of hydrogen-bond acceptors (Lipinski definition) is 4. The summed E-state index contributed by atoms with van der Waals surface area (Å²) in [5.41, 5.74) is 7.04. The second-order valence-corrected chi connectivity index (χ2v) is 7.77. The first-order valence-corrected chi connectivity index (χ1v) is 8.82. The number of nitrogens with one attached hydrogen (secondary N) is 1. The van der Waals surface area contributed by atoms with Crippen molar-refractivity contribution in [2.45, 2.75) is 31.1 Å². The predicted molar refractivity (Wildman–Crippen MR) is 84.9 cm³/mol. The molecule has 3 nitrogen and oxygen atoms in total. The zero-order valence-corrected chi connectivity index (χ0v) is 12.9. The Bertz CT molecular complexity index is 498. The molecule has 3 N–H and O–H groups in total. The minimum Gasteiger partial charge on any atom is -0.392 e. The van der Waals surface area contributed by atoms with Gasteiger partial charge in [-0.15, -0.1) is 11.3 Å². The Morgan fingerprint density at radius 1 is 1.53 bits per heavy atom. The summed E-state index contributed by atoms with van der Waals surface area (Å²) in [7, 11) is 0. The van der Waals surface area contributed by atoms with Gasteiger partial charge >= 0.3 is 0 Å². The molecule has 1 amide bonds. The van der Waals surface area contributed by atoms with Gasteiger partial charge in [-0.3, -0.25) is 4.79 Å². The van der Waals surface area contributed by atoms with E-state index in [0.29, 0.717) is 10.9 Å². The highest BCUT2D eigenvalue weighted by Crippen LogP contribution is 2.34. The van der Waals surface area contributed by atoms with Crippen LogP contribution >= 0.6 is 35.3 Å². The van der Waals surface area contributed by atoms with Gasteiger partial charge in [-0.25, -0.2) is 0 Å². The van der Waals surface area contributed by atoms with Gasteiger partial charge in [0.2, 0.25) is 0 Å². The SMILES string of the molecule is NC(=S)C(NC(=O)c1cc2c(s1)CCSC2)C1CC1. The zero-order valence-electron chi connectivity index (χ0n) is 10.5. The molecule has 1 aliphatic heterocycles. The van der Waals surface area contributed by atoms with Gasteiger partial charge < -0.3 is 11.1 Å². The molecule has 19 heavy (non-hydrogen) atoms. The van der Waals surface area contributed by atoms with Crippen molar-refractivity contribution < 1.29 is 4.79 Å². The van der Waals surface area contributed by atoms with E-state index in [1.165, 1.54) is 10.4 Å². The molecule has 1 aromatic rings. The number of aryl methyl sites for hydroxylation is 1. The monoisotopic (exact) mass is 312 g/mol. The lowest BCUT2D eigenvalue weighted by atomic mass is 10.2. The quantitative estimate of drug-likeness (QED) is 0.838. The van der Waals surface area contributed by atoms with Gasteiger partial charge in [0.15, 0.2) is 0 Å². The van der Waals surface area contributed by atoms with Gasteiger partial charge in [-0.05, 0) is 42.6 Å². The van der Waals surface area contributed by atoms with Gasteiger partial charge in [0.25, 0.3) is 5.91 Å². The first-order valence-electron chi connectivity index (χ1n) is 6.44. The Kier molecular flexibility index (Phi) is 3.82. The van der Waals surface area contributed by atoms with E-state index in [1.54, 1.807) is 11.3 Å². The smallest absolute Gasteiger partial charge is 0.261 e. The number of thiocarbonyl (C=S) groups is 1. The van der Waals surface area contributed by atoms with Crippen molar-refractivity contribution in [3.8, 4) is 0 Å². The van der Waals surface area contributed by atoms with Gasteiger partial charge in [0.1, 0.15) is 0 Å². The number of thioether (sulfide) groups is 1. The van der Waals surface area contributed by atoms with Crippen LogP contribution in [0.15, 0.2) is 6.07 Å². The van der Waals surface area contributed by atoms with Crippen molar-refractivity contribution in [3.05, 3.63) is 21.4 Å². The second kappa shape index (κ2) is 5.42. The molecular formula is C13H16N2OS3. The van der Waals surface area contributed by atoms with E-state index in [-0.39, 0.29) is 11.9 Å². The van der Waals surface area contributed by atoms with Crippen molar-refractivity contribution in [1.82, 2.24) is 5.32 Å². The average Bonchev–Trinajstić information content (AvgIpc) is 3.12. The Labute approximate surface area is 126 Å². The number of carbonyl (C=O) groups is 1. The van der Waals surface area contributed by atoms with Crippen LogP contribution in [0.5, 0.6) is 0 Å². The van der Waals surface area contributed by atoms with Gasteiger partial charge in [0.05, 0.1) is 15.9 Å². The minimum absolute atomic E-state index is 0.0194. The lowest BCUT2D eigenvalue weighted by molar-refractivity contribution is 0.0948. The topological polar surface area (TPSA) is 55.1 Å². The average molecular weight is 312 g/mol. The van der Waals surface area contributed by atoms with E-state index in [1.807, 2.05) is 17.8 Å². The molecule has 0 spiro atoms. The number of thiophene rings is 1. The van der Waals surface area contributed by atoms with Crippen LogP contribution in [-0.4, -0.2) is 22.7 Å². The van der Waals surface area contributed by atoms with E-state index in [4.69, 9.17) is 18.0 Å². The highest BCUT2D eigenvalue weighted by Gasteiger charge is 2.34. The molecule has 1 aromatic heterocycles. The number of nitrogens with two attached hydrogens (primary N) is 1. The maximum absolute atomic E-state index is 12.3. The Morgan fingerprint density at radius 2 is 2.32 bits per heavy atom. The van der Waals surface area contributed by atoms with E-state index in [9.17, 15) is 4.79 Å². The Morgan fingerprint density at radius 3 is 2.95 bits per heavy atom. The van der Waals surface area contributed by atoms with Crippen molar-refractivity contribution >= 4 is 46.2 Å². The fourth-order valence-electron chi connectivity index (χ4n) is 2.32. The fourth-order valence-corrected chi connectivity index (χ4v) is 4.85. The summed E-state index contributed by atoms with van der Waals surface area (Å²) in [5.74, 6) is 2.62. The molecule has 2 aliphatic rings. The molecule has 102 valence electrons. The summed E-state index contributed by atoms with van der Waals surface area (Å²) in [5, 5.41) is 3.00. The van der Waals surface area contributed by atoms with Crippen LogP contribution in [-0.2, 0) is 12.2 Å². The summed E-state index contributed by atoms with van der Waals surface area (Å²) in [6.07, 6.45) is 3.30. The third kappa shape index (κ3) is 2.95. The number of fused-ring (bicyclic) bond motifs is 1. The molecule has 1 fully saturated rings. The van der Waals surface area contributed by atoms with E-state index in [2.05, 4.69) is 5.32 Å². The van der Waals surface area contributed by atoms with Crippen LogP contribution in [0.25, 0.3) is 0 Å². The van der Waals surface area contributed by atoms with E-state index >= 15 is 0 Å². The molecule has 0 radical (unpaired) electrons. The largest absolute Gasteiger partial charge is 0.392 e. The van der Waals surface area contributed by atoms with Gasteiger partial charge in [-0.2, -0.15) is 11.8 Å². The minimum atomic E-state index is -0.129. The lowest BCUT2D eigenvalue weighted by Gasteiger charge is -2.15. The second-order valence-electron chi connectivity index (χ2n) is 5.05. The number of amides is 1. The van der Waals surface area contributed by atoms with Crippen LogP contribution in [0, 0.1) is 5.92 Å². The molecule has 1 saturated carbocycles. The van der Waals surface area contributed by atoms with Crippen molar-refractivity contribution in [2.24, 2.45) is 11.7 Å². The molecule has 6 heteroatoms. The molecule has 3 rings (SSSR count). The van der Waals surface area contributed by atoms with Crippen molar-refractivity contribution in [2.75, 3.05) is 5.75 Å². The van der Waals surface area contributed by atoms with Crippen molar-refractivity contribution in [1.29, 1.82) is 0 Å². The molecular weight excluding hydrogens is 296 g/mol. The normalized spacial score (nSPS) is 19.6. The maximum atomic E-state index is 12.3. The number of carbonyl (C=O) groups excluding carboxylic acids is 1. The highest BCUT2D eigenvalue weighted by atomic mass is 32.2. The van der Waals surface area contributed by atoms with Crippen LogP contribution in [0.1, 0.15) is 33.0 Å². The van der Waals surface area contributed by atoms with Crippen LogP contribution in [0.3, 0.4) is 0 Å². The summed E-state index contributed by atoms with van der Waals surface area (Å²) in [6, 6.07) is 1.90. The fraction of sp³-hybridized carbons (Fsp3) is 0.538. The van der Waals surface area contributed by atoms with Crippen molar-refractivity contribution in [3.63, 3.8) is 0 Å². The van der Waals surface area contributed by atoms with Crippen LogP contribution in [0.2, 0.25) is 0 Å². The van der Waals surface area contributed by atoms with Crippen LogP contribution < -0.4 is 11.1 Å². The summed E-state index contributed by atoms with van der Waals surface area (Å²) in [6.45, 7) is 0. The first kappa shape index (κ1) is 13.4. The first-order chi connectivity index (χ1) is 9.15.